The van der Waals surface area contributed by atoms with Crippen LogP contribution in [0.3, 0.4) is 0 Å². The molecule has 2 aromatic rings. The van der Waals surface area contributed by atoms with Gasteiger partial charge in [-0.1, -0.05) is 6.07 Å². The molecule has 1 fully saturated rings. The standard InChI is InChI=1S/C19H27N5O2/c1-16-14-24(19(26)21-18(16)25)8-3-2-7-22-9-11-23(12-10-22)15-17-5-4-6-20-13-17/h4-6,13-14H,2-3,7-12,15H2,1H3,(H,21,25,26). The Morgan fingerprint density at radius 3 is 2.54 bits per heavy atom. The number of nitrogens with zero attached hydrogens (tertiary/aromatic N) is 4. The van der Waals surface area contributed by atoms with Crippen LogP contribution in [-0.4, -0.2) is 57.1 Å². The maximum Gasteiger partial charge on any atom is 0.328 e. The quantitative estimate of drug-likeness (QED) is 0.743. The number of piperazine rings is 1. The first-order chi connectivity index (χ1) is 12.6. The fraction of sp³-hybridized carbons (Fsp3) is 0.526. The minimum absolute atomic E-state index is 0.296. The average molecular weight is 357 g/mol. The molecule has 1 aliphatic heterocycles. The van der Waals surface area contributed by atoms with Crippen LogP contribution in [0.5, 0.6) is 0 Å². The van der Waals surface area contributed by atoms with E-state index in [2.05, 4.69) is 25.8 Å². The summed E-state index contributed by atoms with van der Waals surface area (Å²) in [5, 5.41) is 0. The Morgan fingerprint density at radius 1 is 1.08 bits per heavy atom. The van der Waals surface area contributed by atoms with E-state index in [4.69, 9.17) is 0 Å². The van der Waals surface area contributed by atoms with Crippen LogP contribution in [0.15, 0.2) is 40.3 Å². The SMILES string of the molecule is Cc1cn(CCCCN2CCN(Cc3cccnc3)CC2)c(=O)[nH]c1=O. The summed E-state index contributed by atoms with van der Waals surface area (Å²) < 4.78 is 1.60. The molecule has 2 aromatic heterocycles. The Kier molecular flexibility index (Phi) is 6.35. The molecular weight excluding hydrogens is 330 g/mol. The molecule has 7 nitrogen and oxygen atoms in total. The zero-order valence-electron chi connectivity index (χ0n) is 15.4. The second-order valence-corrected chi connectivity index (χ2v) is 6.95. The van der Waals surface area contributed by atoms with Gasteiger partial charge in [0.2, 0.25) is 0 Å². The second kappa shape index (κ2) is 8.91. The average Bonchev–Trinajstić information content (AvgIpc) is 2.65. The summed E-state index contributed by atoms with van der Waals surface area (Å²) in [6.07, 6.45) is 7.38. The minimum Gasteiger partial charge on any atom is -0.301 e. The first-order valence-corrected chi connectivity index (χ1v) is 9.26. The second-order valence-electron chi connectivity index (χ2n) is 6.95. The fourth-order valence-electron chi connectivity index (χ4n) is 3.32. The van der Waals surface area contributed by atoms with Crippen LogP contribution < -0.4 is 11.2 Å². The maximum atomic E-state index is 11.8. The van der Waals surface area contributed by atoms with Gasteiger partial charge in [-0.3, -0.25) is 19.7 Å². The molecule has 140 valence electrons. The lowest BCUT2D eigenvalue weighted by molar-refractivity contribution is 0.125. The number of hydrogen-bond donors (Lipinski definition) is 1. The molecule has 1 aliphatic rings. The van der Waals surface area contributed by atoms with E-state index in [1.165, 1.54) is 5.56 Å². The molecule has 0 unspecified atom stereocenters. The van der Waals surface area contributed by atoms with Gasteiger partial charge in [-0.05, 0) is 37.9 Å². The molecule has 1 saturated heterocycles. The number of nitrogens with one attached hydrogen (secondary N) is 1. The van der Waals surface area contributed by atoms with Gasteiger partial charge >= 0.3 is 5.69 Å². The van der Waals surface area contributed by atoms with Crippen LogP contribution in [0.1, 0.15) is 24.0 Å². The summed E-state index contributed by atoms with van der Waals surface area (Å²) in [5.74, 6) is 0. The largest absolute Gasteiger partial charge is 0.328 e. The molecule has 26 heavy (non-hydrogen) atoms. The molecule has 7 heteroatoms. The third kappa shape index (κ3) is 5.12. The Balaban J connectivity index is 1.36. The third-order valence-corrected chi connectivity index (χ3v) is 4.91. The monoisotopic (exact) mass is 357 g/mol. The predicted octanol–water partition coefficient (Wildman–Crippen LogP) is 0.838. The van der Waals surface area contributed by atoms with Crippen LogP contribution in [0.4, 0.5) is 0 Å². The fourth-order valence-corrected chi connectivity index (χ4v) is 3.32. The van der Waals surface area contributed by atoms with Gasteiger partial charge in [0.1, 0.15) is 0 Å². The first-order valence-electron chi connectivity index (χ1n) is 9.26. The van der Waals surface area contributed by atoms with Crippen molar-refractivity contribution in [1.82, 2.24) is 24.3 Å². The van der Waals surface area contributed by atoms with Gasteiger partial charge in [0, 0.05) is 63.4 Å². The number of H-pyrrole nitrogens is 1. The summed E-state index contributed by atoms with van der Waals surface area (Å²) in [6.45, 7) is 8.71. The van der Waals surface area contributed by atoms with Crippen molar-refractivity contribution in [2.24, 2.45) is 0 Å². The lowest BCUT2D eigenvalue weighted by atomic mass is 10.2. The van der Waals surface area contributed by atoms with E-state index in [1.807, 2.05) is 18.5 Å². The van der Waals surface area contributed by atoms with Crippen molar-refractivity contribution in [2.75, 3.05) is 32.7 Å². The highest BCUT2D eigenvalue weighted by molar-refractivity contribution is 5.08. The number of hydrogen-bond acceptors (Lipinski definition) is 5. The zero-order chi connectivity index (χ0) is 18.4. The molecular formula is C19H27N5O2. The van der Waals surface area contributed by atoms with E-state index in [0.29, 0.717) is 12.1 Å². The van der Waals surface area contributed by atoms with E-state index in [9.17, 15) is 9.59 Å². The molecule has 0 saturated carbocycles. The van der Waals surface area contributed by atoms with E-state index >= 15 is 0 Å². The van der Waals surface area contributed by atoms with Crippen molar-refractivity contribution in [2.45, 2.75) is 32.9 Å². The topological polar surface area (TPSA) is 74.2 Å². The van der Waals surface area contributed by atoms with Crippen LogP contribution >= 0.6 is 0 Å². The van der Waals surface area contributed by atoms with Gasteiger partial charge in [-0.25, -0.2) is 4.79 Å². The van der Waals surface area contributed by atoms with Gasteiger partial charge < -0.3 is 9.47 Å². The van der Waals surface area contributed by atoms with Crippen molar-refractivity contribution in [3.05, 3.63) is 62.7 Å². The van der Waals surface area contributed by atoms with Crippen LogP contribution in [-0.2, 0) is 13.1 Å². The highest BCUT2D eigenvalue weighted by atomic mass is 16.2. The van der Waals surface area contributed by atoms with Crippen molar-refractivity contribution in [3.8, 4) is 0 Å². The summed E-state index contributed by atoms with van der Waals surface area (Å²) in [5.41, 5.74) is 1.23. The summed E-state index contributed by atoms with van der Waals surface area (Å²) in [4.78, 5) is 34.6. The lowest BCUT2D eigenvalue weighted by Crippen LogP contribution is -2.46. The molecule has 0 bridgehead atoms. The number of rotatable bonds is 7. The summed E-state index contributed by atoms with van der Waals surface area (Å²) in [6, 6.07) is 4.11. The van der Waals surface area contributed by atoms with Crippen LogP contribution in [0.25, 0.3) is 0 Å². The summed E-state index contributed by atoms with van der Waals surface area (Å²) >= 11 is 0. The maximum absolute atomic E-state index is 11.8. The molecule has 0 amide bonds. The molecule has 3 heterocycles. The molecule has 0 aromatic carbocycles. The van der Waals surface area contributed by atoms with Crippen LogP contribution in [0, 0.1) is 6.92 Å². The van der Waals surface area contributed by atoms with Gasteiger partial charge in [0.15, 0.2) is 0 Å². The highest BCUT2D eigenvalue weighted by Crippen LogP contribution is 2.08. The molecule has 3 rings (SSSR count). The van der Waals surface area contributed by atoms with Crippen molar-refractivity contribution < 1.29 is 0 Å². The van der Waals surface area contributed by atoms with Gasteiger partial charge in [0.25, 0.3) is 5.56 Å². The first kappa shape index (κ1) is 18.5. The van der Waals surface area contributed by atoms with E-state index in [1.54, 1.807) is 17.7 Å². The molecule has 0 radical (unpaired) electrons. The van der Waals surface area contributed by atoms with Gasteiger partial charge in [-0.15, -0.1) is 0 Å². The van der Waals surface area contributed by atoms with Gasteiger partial charge in [-0.2, -0.15) is 0 Å². The molecule has 0 aliphatic carbocycles. The Hall–Kier alpha value is -2.25. The smallest absolute Gasteiger partial charge is 0.301 e. The van der Waals surface area contributed by atoms with Crippen molar-refractivity contribution in [1.29, 1.82) is 0 Å². The number of unbranched alkanes of at least 4 members (excludes halogenated alkanes) is 1. The number of aromatic amines is 1. The number of aryl methyl sites for hydroxylation is 2. The number of aromatic nitrogens is 3. The Labute approximate surface area is 153 Å². The van der Waals surface area contributed by atoms with Crippen molar-refractivity contribution >= 4 is 0 Å². The normalized spacial score (nSPS) is 16.0. The Morgan fingerprint density at radius 2 is 1.81 bits per heavy atom. The van der Waals surface area contributed by atoms with Crippen LogP contribution in [0.2, 0.25) is 0 Å². The Bertz CT molecular complexity index is 807. The predicted molar refractivity (Wildman–Crippen MR) is 101 cm³/mol. The highest BCUT2D eigenvalue weighted by Gasteiger charge is 2.16. The minimum atomic E-state index is -0.315. The van der Waals surface area contributed by atoms with E-state index in [0.717, 1.165) is 52.1 Å². The molecule has 0 atom stereocenters. The van der Waals surface area contributed by atoms with E-state index in [-0.39, 0.29) is 11.2 Å². The van der Waals surface area contributed by atoms with Gasteiger partial charge in [0.05, 0.1) is 0 Å². The van der Waals surface area contributed by atoms with E-state index < -0.39 is 0 Å². The zero-order valence-corrected chi connectivity index (χ0v) is 15.4. The lowest BCUT2D eigenvalue weighted by Gasteiger charge is -2.34. The third-order valence-electron chi connectivity index (χ3n) is 4.91. The number of pyridine rings is 1. The molecule has 0 spiro atoms. The van der Waals surface area contributed by atoms with Crippen molar-refractivity contribution in [3.63, 3.8) is 0 Å². The molecule has 1 N–H and O–H groups in total. The summed E-state index contributed by atoms with van der Waals surface area (Å²) in [7, 11) is 0.